The molecule has 4 heteroatoms. The fourth-order valence-corrected chi connectivity index (χ4v) is 1.74. The van der Waals surface area contributed by atoms with E-state index in [4.69, 9.17) is 0 Å². The number of likely N-dealkylation sites (tertiary alicyclic amines) is 1. The molecule has 2 unspecified atom stereocenters. The van der Waals surface area contributed by atoms with Crippen molar-refractivity contribution in [2.24, 2.45) is 11.8 Å². The molecule has 4 nitrogen and oxygen atoms in total. The summed E-state index contributed by atoms with van der Waals surface area (Å²) in [7, 11) is 0. The van der Waals surface area contributed by atoms with Crippen LogP contribution in [0.25, 0.3) is 0 Å². The number of hydrogen-bond acceptors (Lipinski definition) is 3. The van der Waals surface area contributed by atoms with Crippen LogP contribution in [0.2, 0.25) is 0 Å². The van der Waals surface area contributed by atoms with E-state index < -0.39 is 0 Å². The minimum absolute atomic E-state index is 0.0150. The molecule has 2 atom stereocenters. The van der Waals surface area contributed by atoms with Crippen LogP contribution < -0.4 is 0 Å². The maximum atomic E-state index is 11.4. The van der Waals surface area contributed by atoms with Crippen molar-refractivity contribution >= 4 is 17.6 Å². The molecule has 1 saturated carbocycles. The number of fused-ring (bicyclic) bond motifs is 1. The molecule has 0 N–H and O–H groups in total. The lowest BCUT2D eigenvalue weighted by Crippen LogP contribution is -2.34. The second kappa shape index (κ2) is 2.65. The standard InChI is InChI=1S/C9H11NO3/c1-5(11)2-3-10-8(12)6-4-7(6)9(10)13/h6-7H,2-4H2,1H3. The summed E-state index contributed by atoms with van der Waals surface area (Å²) in [6, 6.07) is 0. The fraction of sp³-hybridized carbons (Fsp3) is 0.667. The van der Waals surface area contributed by atoms with Gasteiger partial charge in [0.2, 0.25) is 11.8 Å². The summed E-state index contributed by atoms with van der Waals surface area (Å²) in [6.45, 7) is 1.74. The van der Waals surface area contributed by atoms with Crippen LogP contribution in [0.15, 0.2) is 0 Å². The summed E-state index contributed by atoms with van der Waals surface area (Å²) in [6.07, 6.45) is 1.02. The van der Waals surface area contributed by atoms with E-state index in [0.29, 0.717) is 0 Å². The number of hydrogen-bond donors (Lipinski definition) is 0. The average Bonchev–Trinajstić information content (AvgIpc) is 2.77. The molecule has 13 heavy (non-hydrogen) atoms. The summed E-state index contributed by atoms with van der Waals surface area (Å²) >= 11 is 0. The SMILES string of the molecule is CC(=O)CCN1C(=O)C2CC2C1=O. The van der Waals surface area contributed by atoms with E-state index >= 15 is 0 Å². The van der Waals surface area contributed by atoms with E-state index in [0.717, 1.165) is 6.42 Å². The number of imide groups is 1. The fourth-order valence-electron chi connectivity index (χ4n) is 1.74. The first-order valence-electron chi connectivity index (χ1n) is 4.46. The van der Waals surface area contributed by atoms with Crippen LogP contribution in [0.4, 0.5) is 0 Å². The molecule has 2 amide bonds. The van der Waals surface area contributed by atoms with Gasteiger partial charge in [-0.25, -0.2) is 0 Å². The molecule has 1 aliphatic carbocycles. The Labute approximate surface area is 75.9 Å². The summed E-state index contributed by atoms with van der Waals surface area (Å²) in [4.78, 5) is 34.6. The van der Waals surface area contributed by atoms with Gasteiger partial charge < -0.3 is 0 Å². The normalized spacial score (nSPS) is 30.7. The van der Waals surface area contributed by atoms with Crippen LogP contribution in [0, 0.1) is 11.8 Å². The first-order chi connectivity index (χ1) is 6.11. The Hall–Kier alpha value is -1.19. The van der Waals surface area contributed by atoms with Crippen molar-refractivity contribution < 1.29 is 14.4 Å². The molecule has 1 aliphatic heterocycles. The van der Waals surface area contributed by atoms with Gasteiger partial charge in [0, 0.05) is 13.0 Å². The molecular weight excluding hydrogens is 170 g/mol. The monoisotopic (exact) mass is 181 g/mol. The predicted molar refractivity (Wildman–Crippen MR) is 43.6 cm³/mol. The number of ketones is 1. The van der Waals surface area contributed by atoms with Crippen molar-refractivity contribution in [2.75, 3.05) is 6.54 Å². The first-order valence-corrected chi connectivity index (χ1v) is 4.46. The van der Waals surface area contributed by atoms with Crippen LogP contribution in [-0.4, -0.2) is 29.0 Å². The van der Waals surface area contributed by atoms with Gasteiger partial charge >= 0.3 is 0 Å². The Morgan fingerprint density at radius 1 is 1.38 bits per heavy atom. The quantitative estimate of drug-likeness (QED) is 0.574. The molecule has 0 radical (unpaired) electrons. The summed E-state index contributed by atoms with van der Waals surface area (Å²) in [5.74, 6) is -0.215. The van der Waals surface area contributed by atoms with Crippen molar-refractivity contribution in [3.05, 3.63) is 0 Å². The topological polar surface area (TPSA) is 54.5 Å². The van der Waals surface area contributed by atoms with Crippen molar-refractivity contribution in [1.29, 1.82) is 0 Å². The molecule has 0 bridgehead atoms. The highest BCUT2D eigenvalue weighted by atomic mass is 16.2. The first kappa shape index (κ1) is 8.41. The van der Waals surface area contributed by atoms with Crippen LogP contribution in [0.3, 0.4) is 0 Å². The Morgan fingerprint density at radius 3 is 2.38 bits per heavy atom. The molecule has 0 spiro atoms. The molecule has 1 saturated heterocycles. The smallest absolute Gasteiger partial charge is 0.233 e. The van der Waals surface area contributed by atoms with Crippen LogP contribution in [0.1, 0.15) is 19.8 Å². The van der Waals surface area contributed by atoms with Gasteiger partial charge in [0.25, 0.3) is 0 Å². The lowest BCUT2D eigenvalue weighted by Gasteiger charge is -2.14. The lowest BCUT2D eigenvalue weighted by molar-refractivity contribution is -0.141. The van der Waals surface area contributed by atoms with E-state index in [-0.39, 0.29) is 42.4 Å². The third-order valence-electron chi connectivity index (χ3n) is 2.64. The highest BCUT2D eigenvalue weighted by Crippen LogP contribution is 2.46. The lowest BCUT2D eigenvalue weighted by atomic mass is 10.3. The number of rotatable bonds is 3. The van der Waals surface area contributed by atoms with Gasteiger partial charge in [0.1, 0.15) is 5.78 Å². The Balaban J connectivity index is 1.96. The molecule has 2 rings (SSSR count). The largest absolute Gasteiger partial charge is 0.300 e. The number of amides is 2. The molecule has 0 aromatic carbocycles. The number of carbonyl (C=O) groups excluding carboxylic acids is 3. The second-order valence-corrected chi connectivity index (χ2v) is 3.73. The highest BCUT2D eigenvalue weighted by molar-refractivity contribution is 6.09. The summed E-state index contributed by atoms with van der Waals surface area (Å²) < 4.78 is 0. The van der Waals surface area contributed by atoms with Gasteiger partial charge in [-0.3, -0.25) is 19.3 Å². The third kappa shape index (κ3) is 1.26. The minimum atomic E-state index is -0.0729. The Bertz CT molecular complexity index is 277. The molecule has 0 aromatic rings. The molecule has 0 aromatic heterocycles. The number of Topliss-reactive ketones (excluding diaryl/α,β-unsaturated/α-hetero) is 1. The van der Waals surface area contributed by atoms with Crippen molar-refractivity contribution in [2.45, 2.75) is 19.8 Å². The van der Waals surface area contributed by atoms with Crippen LogP contribution >= 0.6 is 0 Å². The van der Waals surface area contributed by atoms with E-state index in [2.05, 4.69) is 0 Å². The molecular formula is C9H11NO3. The molecule has 1 heterocycles. The maximum absolute atomic E-state index is 11.4. The van der Waals surface area contributed by atoms with Gasteiger partial charge in [-0.15, -0.1) is 0 Å². The van der Waals surface area contributed by atoms with Crippen molar-refractivity contribution in [3.63, 3.8) is 0 Å². The molecule has 2 fully saturated rings. The van der Waals surface area contributed by atoms with Gasteiger partial charge in [-0.05, 0) is 13.3 Å². The van der Waals surface area contributed by atoms with E-state index in [1.165, 1.54) is 11.8 Å². The van der Waals surface area contributed by atoms with Crippen molar-refractivity contribution in [3.8, 4) is 0 Å². The Kier molecular flexibility index (Phi) is 1.71. The van der Waals surface area contributed by atoms with Crippen molar-refractivity contribution in [1.82, 2.24) is 4.90 Å². The number of carbonyl (C=O) groups is 3. The van der Waals surface area contributed by atoms with E-state index in [1.807, 2.05) is 0 Å². The maximum Gasteiger partial charge on any atom is 0.233 e. The molecule has 70 valence electrons. The zero-order valence-electron chi connectivity index (χ0n) is 7.45. The highest BCUT2D eigenvalue weighted by Gasteiger charge is 2.58. The zero-order chi connectivity index (χ0) is 9.59. The van der Waals surface area contributed by atoms with E-state index in [1.54, 1.807) is 0 Å². The van der Waals surface area contributed by atoms with Gasteiger partial charge in [-0.1, -0.05) is 0 Å². The summed E-state index contributed by atoms with van der Waals surface area (Å²) in [5, 5.41) is 0. The average molecular weight is 181 g/mol. The Morgan fingerprint density at radius 2 is 1.92 bits per heavy atom. The third-order valence-corrected chi connectivity index (χ3v) is 2.64. The van der Waals surface area contributed by atoms with Crippen LogP contribution in [0.5, 0.6) is 0 Å². The van der Waals surface area contributed by atoms with Gasteiger partial charge in [0.15, 0.2) is 0 Å². The zero-order valence-corrected chi connectivity index (χ0v) is 7.45. The summed E-state index contributed by atoms with van der Waals surface area (Å²) in [5.41, 5.74) is 0. The predicted octanol–water partition coefficient (Wildman–Crippen LogP) is -0.0296. The van der Waals surface area contributed by atoms with Crippen LogP contribution in [-0.2, 0) is 14.4 Å². The minimum Gasteiger partial charge on any atom is -0.300 e. The van der Waals surface area contributed by atoms with E-state index in [9.17, 15) is 14.4 Å². The second-order valence-electron chi connectivity index (χ2n) is 3.73. The van der Waals surface area contributed by atoms with Gasteiger partial charge in [-0.2, -0.15) is 0 Å². The number of piperidine rings is 1. The molecule has 2 aliphatic rings. The van der Waals surface area contributed by atoms with Gasteiger partial charge in [0.05, 0.1) is 11.8 Å². The number of nitrogens with zero attached hydrogens (tertiary/aromatic N) is 1.